The van der Waals surface area contributed by atoms with E-state index in [1.165, 1.54) is 4.31 Å². The number of hydrogen-bond acceptors (Lipinski definition) is 6. The van der Waals surface area contributed by atoms with E-state index in [1.54, 1.807) is 35.4 Å². The van der Waals surface area contributed by atoms with Crippen LogP contribution in [-0.4, -0.2) is 90.9 Å². The summed E-state index contributed by atoms with van der Waals surface area (Å²) in [4.78, 5) is 27.8. The summed E-state index contributed by atoms with van der Waals surface area (Å²) in [6.07, 6.45) is 2.36. The first-order valence-electron chi connectivity index (χ1n) is 10.7. The standard InChI is InChI=1S/C21H27BrN6O3S/c1-17-23-8-7-20(24-17)25-11-13-27(14-12-25)21(29)26-9-2-10-28(16-15-26)32(30,31)19-5-3-18(22)4-6-19/h3-8H,2,9-16H2,1H3. The Hall–Kier alpha value is -2.24. The first kappa shape index (κ1) is 22.9. The Labute approximate surface area is 197 Å². The molecular weight excluding hydrogens is 496 g/mol. The molecule has 4 rings (SSSR count). The topological polar surface area (TPSA) is 90.0 Å². The van der Waals surface area contributed by atoms with Gasteiger partial charge in [0, 0.05) is 63.0 Å². The molecule has 2 fully saturated rings. The lowest BCUT2D eigenvalue weighted by Gasteiger charge is -2.37. The number of aryl methyl sites for hydroxylation is 1. The van der Waals surface area contributed by atoms with E-state index < -0.39 is 10.0 Å². The van der Waals surface area contributed by atoms with Crippen molar-refractivity contribution < 1.29 is 13.2 Å². The zero-order chi connectivity index (χ0) is 22.7. The minimum atomic E-state index is -3.58. The molecule has 2 aromatic rings. The molecule has 9 nitrogen and oxygen atoms in total. The molecule has 2 saturated heterocycles. The third kappa shape index (κ3) is 5.05. The van der Waals surface area contributed by atoms with Crippen LogP contribution in [-0.2, 0) is 10.0 Å². The van der Waals surface area contributed by atoms with Crippen LogP contribution in [0.1, 0.15) is 12.2 Å². The number of piperazine rings is 1. The van der Waals surface area contributed by atoms with Gasteiger partial charge in [-0.1, -0.05) is 15.9 Å². The predicted octanol–water partition coefficient (Wildman–Crippen LogP) is 2.19. The van der Waals surface area contributed by atoms with E-state index in [4.69, 9.17) is 0 Å². The Kier molecular flexibility index (Phi) is 6.96. The van der Waals surface area contributed by atoms with Crippen molar-refractivity contribution in [2.45, 2.75) is 18.2 Å². The van der Waals surface area contributed by atoms with Gasteiger partial charge in [-0.2, -0.15) is 4.31 Å². The van der Waals surface area contributed by atoms with Crippen molar-refractivity contribution in [3.8, 4) is 0 Å². The van der Waals surface area contributed by atoms with E-state index >= 15 is 0 Å². The Morgan fingerprint density at radius 2 is 1.56 bits per heavy atom. The lowest BCUT2D eigenvalue weighted by atomic mass is 10.3. The second kappa shape index (κ2) is 9.72. The molecule has 172 valence electrons. The Bertz CT molecular complexity index is 1060. The van der Waals surface area contributed by atoms with Crippen molar-refractivity contribution in [3.63, 3.8) is 0 Å². The third-order valence-corrected chi connectivity index (χ3v) is 8.25. The number of halogens is 1. The molecule has 2 aliphatic rings. The number of aromatic nitrogens is 2. The molecule has 11 heteroatoms. The van der Waals surface area contributed by atoms with Gasteiger partial charge in [0.1, 0.15) is 11.6 Å². The minimum Gasteiger partial charge on any atom is -0.353 e. The summed E-state index contributed by atoms with van der Waals surface area (Å²) in [6, 6.07) is 8.52. The summed E-state index contributed by atoms with van der Waals surface area (Å²) in [5.41, 5.74) is 0. The average Bonchev–Trinajstić information content (AvgIpc) is 3.06. The smallest absolute Gasteiger partial charge is 0.320 e. The maximum atomic E-state index is 13.1. The Balaban J connectivity index is 1.34. The fraction of sp³-hybridized carbons (Fsp3) is 0.476. The summed E-state index contributed by atoms with van der Waals surface area (Å²) >= 11 is 3.34. The number of sulfonamides is 1. The van der Waals surface area contributed by atoms with Crippen LogP contribution >= 0.6 is 15.9 Å². The number of carbonyl (C=O) groups is 1. The van der Waals surface area contributed by atoms with Gasteiger partial charge < -0.3 is 14.7 Å². The number of hydrogen-bond donors (Lipinski definition) is 0. The van der Waals surface area contributed by atoms with Crippen molar-refractivity contribution in [2.24, 2.45) is 0 Å². The second-order valence-corrected chi connectivity index (χ2v) is 10.8. The molecule has 3 heterocycles. The van der Waals surface area contributed by atoms with E-state index in [1.807, 2.05) is 17.9 Å². The summed E-state index contributed by atoms with van der Waals surface area (Å²) in [5, 5.41) is 0. The molecule has 1 aromatic heterocycles. The summed E-state index contributed by atoms with van der Waals surface area (Å²) in [6.45, 7) is 6.14. The summed E-state index contributed by atoms with van der Waals surface area (Å²) < 4.78 is 28.3. The predicted molar refractivity (Wildman–Crippen MR) is 125 cm³/mol. The van der Waals surface area contributed by atoms with Gasteiger partial charge in [-0.15, -0.1) is 0 Å². The van der Waals surface area contributed by atoms with Crippen LogP contribution < -0.4 is 4.90 Å². The van der Waals surface area contributed by atoms with Gasteiger partial charge >= 0.3 is 6.03 Å². The number of nitrogens with zero attached hydrogens (tertiary/aromatic N) is 6. The molecule has 0 atom stereocenters. The van der Waals surface area contributed by atoms with Crippen molar-refractivity contribution in [2.75, 3.05) is 57.3 Å². The number of benzene rings is 1. The lowest BCUT2D eigenvalue weighted by Crippen LogP contribution is -2.53. The molecule has 0 N–H and O–H groups in total. The third-order valence-electron chi connectivity index (χ3n) is 5.81. The molecular formula is C21H27BrN6O3S. The quantitative estimate of drug-likeness (QED) is 0.613. The van der Waals surface area contributed by atoms with Gasteiger partial charge in [-0.25, -0.2) is 23.2 Å². The van der Waals surface area contributed by atoms with Crippen LogP contribution in [0.5, 0.6) is 0 Å². The van der Waals surface area contributed by atoms with E-state index in [2.05, 4.69) is 30.8 Å². The maximum Gasteiger partial charge on any atom is 0.320 e. The zero-order valence-electron chi connectivity index (χ0n) is 18.0. The molecule has 32 heavy (non-hydrogen) atoms. The SMILES string of the molecule is Cc1nccc(N2CCN(C(=O)N3CCCN(S(=O)(=O)c4ccc(Br)cc4)CC3)CC2)n1. The van der Waals surface area contributed by atoms with E-state index in [9.17, 15) is 13.2 Å². The van der Waals surface area contributed by atoms with Gasteiger partial charge in [0.25, 0.3) is 0 Å². The van der Waals surface area contributed by atoms with Crippen LogP contribution in [0.4, 0.5) is 10.6 Å². The summed E-state index contributed by atoms with van der Waals surface area (Å²) in [7, 11) is -3.58. The number of anilines is 1. The molecule has 2 amide bonds. The fourth-order valence-corrected chi connectivity index (χ4v) is 5.76. The minimum absolute atomic E-state index is 0.0218. The van der Waals surface area contributed by atoms with Gasteiger partial charge in [0.15, 0.2) is 0 Å². The zero-order valence-corrected chi connectivity index (χ0v) is 20.4. The summed E-state index contributed by atoms with van der Waals surface area (Å²) in [5.74, 6) is 1.61. The highest BCUT2D eigenvalue weighted by atomic mass is 79.9. The number of rotatable bonds is 3. The maximum absolute atomic E-state index is 13.1. The van der Waals surface area contributed by atoms with Crippen molar-refractivity contribution in [1.29, 1.82) is 0 Å². The lowest BCUT2D eigenvalue weighted by molar-refractivity contribution is 0.152. The highest BCUT2D eigenvalue weighted by Gasteiger charge is 2.31. The fourth-order valence-electron chi connectivity index (χ4n) is 4.03. The molecule has 2 aliphatic heterocycles. The molecule has 1 aromatic carbocycles. The molecule has 0 radical (unpaired) electrons. The number of urea groups is 1. The van der Waals surface area contributed by atoms with Crippen molar-refractivity contribution in [3.05, 3.63) is 46.8 Å². The van der Waals surface area contributed by atoms with E-state index in [0.717, 1.165) is 16.1 Å². The average molecular weight is 523 g/mol. The molecule has 0 spiro atoms. The van der Waals surface area contributed by atoms with Gasteiger partial charge in [-0.05, 0) is 43.7 Å². The molecule has 0 unspecified atom stereocenters. The molecule has 0 saturated carbocycles. The molecule has 0 aliphatic carbocycles. The largest absolute Gasteiger partial charge is 0.353 e. The monoisotopic (exact) mass is 522 g/mol. The Morgan fingerprint density at radius 3 is 2.25 bits per heavy atom. The van der Waals surface area contributed by atoms with Crippen LogP contribution in [0.15, 0.2) is 45.9 Å². The first-order chi connectivity index (χ1) is 15.3. The Morgan fingerprint density at radius 1 is 0.906 bits per heavy atom. The van der Waals surface area contributed by atoms with Gasteiger partial charge in [0.2, 0.25) is 10.0 Å². The van der Waals surface area contributed by atoms with E-state index in [0.29, 0.717) is 58.8 Å². The first-order valence-corrected chi connectivity index (χ1v) is 12.9. The molecule has 0 bridgehead atoms. The van der Waals surface area contributed by atoms with Gasteiger partial charge in [-0.3, -0.25) is 0 Å². The number of carbonyl (C=O) groups excluding carboxylic acids is 1. The van der Waals surface area contributed by atoms with Crippen LogP contribution in [0.3, 0.4) is 0 Å². The van der Waals surface area contributed by atoms with Crippen LogP contribution in [0, 0.1) is 6.92 Å². The van der Waals surface area contributed by atoms with Crippen LogP contribution in [0.25, 0.3) is 0 Å². The van der Waals surface area contributed by atoms with Gasteiger partial charge in [0.05, 0.1) is 4.90 Å². The van der Waals surface area contributed by atoms with E-state index in [-0.39, 0.29) is 10.9 Å². The number of amides is 2. The highest BCUT2D eigenvalue weighted by molar-refractivity contribution is 9.10. The van der Waals surface area contributed by atoms with Crippen molar-refractivity contribution in [1.82, 2.24) is 24.1 Å². The highest BCUT2D eigenvalue weighted by Crippen LogP contribution is 2.21. The van der Waals surface area contributed by atoms with Crippen LogP contribution in [0.2, 0.25) is 0 Å². The second-order valence-electron chi connectivity index (χ2n) is 7.92. The normalized spacial score (nSPS) is 18.5. The van der Waals surface area contributed by atoms with Crippen molar-refractivity contribution >= 4 is 37.8 Å².